The van der Waals surface area contributed by atoms with E-state index in [0.29, 0.717) is 0 Å². The van der Waals surface area contributed by atoms with E-state index in [-0.39, 0.29) is 18.0 Å². The van der Waals surface area contributed by atoms with Crippen LogP contribution in [0.5, 0.6) is 0 Å². The summed E-state index contributed by atoms with van der Waals surface area (Å²) in [7, 11) is 0. The van der Waals surface area contributed by atoms with Gasteiger partial charge in [0, 0.05) is 17.6 Å². The van der Waals surface area contributed by atoms with Gasteiger partial charge in [-0.05, 0) is 44.2 Å². The van der Waals surface area contributed by atoms with Gasteiger partial charge in [-0.25, -0.2) is 0 Å². The molecule has 1 saturated heterocycles. The fraction of sp³-hybridized carbons (Fsp3) is 0.588. The predicted octanol–water partition coefficient (Wildman–Crippen LogP) is 3.52. The molecule has 0 bridgehead atoms. The number of hydrogen-bond donors (Lipinski definition) is 1. The van der Waals surface area contributed by atoms with Crippen LogP contribution < -0.4 is 5.73 Å². The second kappa shape index (κ2) is 5.62. The quantitative estimate of drug-likeness (QED) is 0.908. The smallest absolute Gasteiger partial charge is 0.230 e. The lowest BCUT2D eigenvalue weighted by Crippen LogP contribution is -2.49. The van der Waals surface area contributed by atoms with Crippen molar-refractivity contribution < 1.29 is 4.79 Å². The number of hydrogen-bond acceptors (Lipinski definition) is 2. The van der Waals surface area contributed by atoms with Gasteiger partial charge in [-0.3, -0.25) is 4.79 Å². The SMILES string of the molecule is CC1(C(=O)N2CCCC2c2ccccc2Cl)CCCC1N. The van der Waals surface area contributed by atoms with E-state index in [1.165, 1.54) is 0 Å². The third-order valence-electron chi connectivity index (χ3n) is 5.30. The summed E-state index contributed by atoms with van der Waals surface area (Å²) in [4.78, 5) is 15.1. The Kier molecular flexibility index (Phi) is 3.98. The number of halogens is 1. The molecule has 4 heteroatoms. The van der Waals surface area contributed by atoms with Crippen molar-refractivity contribution in [3.05, 3.63) is 34.9 Å². The molecule has 1 heterocycles. The van der Waals surface area contributed by atoms with Gasteiger partial charge in [0.05, 0.1) is 11.5 Å². The molecule has 2 fully saturated rings. The first-order valence-electron chi connectivity index (χ1n) is 7.85. The van der Waals surface area contributed by atoms with Crippen LogP contribution in [0.2, 0.25) is 5.02 Å². The zero-order valence-corrected chi connectivity index (χ0v) is 13.3. The van der Waals surface area contributed by atoms with Crippen molar-refractivity contribution in [2.24, 2.45) is 11.1 Å². The summed E-state index contributed by atoms with van der Waals surface area (Å²) in [5.74, 6) is 0.218. The van der Waals surface area contributed by atoms with Crippen LogP contribution in [0.1, 0.15) is 50.6 Å². The van der Waals surface area contributed by atoms with Crippen molar-refractivity contribution >= 4 is 17.5 Å². The van der Waals surface area contributed by atoms with Crippen molar-refractivity contribution in [2.45, 2.75) is 51.1 Å². The lowest BCUT2D eigenvalue weighted by molar-refractivity contribution is -0.142. The van der Waals surface area contributed by atoms with Gasteiger partial charge in [0.1, 0.15) is 0 Å². The second-order valence-corrected chi connectivity index (χ2v) is 7.00. The van der Waals surface area contributed by atoms with Gasteiger partial charge < -0.3 is 10.6 Å². The monoisotopic (exact) mass is 306 g/mol. The molecule has 1 aromatic rings. The molecule has 21 heavy (non-hydrogen) atoms. The van der Waals surface area contributed by atoms with Crippen molar-refractivity contribution in [3.63, 3.8) is 0 Å². The molecule has 1 aliphatic carbocycles. The molecule has 0 radical (unpaired) electrons. The van der Waals surface area contributed by atoms with Crippen molar-refractivity contribution in [1.82, 2.24) is 4.90 Å². The molecule has 0 aromatic heterocycles. The van der Waals surface area contributed by atoms with Crippen LogP contribution in [-0.2, 0) is 4.79 Å². The number of carbonyl (C=O) groups excluding carboxylic acids is 1. The van der Waals surface area contributed by atoms with E-state index in [2.05, 4.69) is 0 Å². The van der Waals surface area contributed by atoms with Gasteiger partial charge in [0.15, 0.2) is 0 Å². The maximum absolute atomic E-state index is 13.1. The molecular formula is C17H23ClN2O. The Morgan fingerprint density at radius 1 is 1.33 bits per heavy atom. The summed E-state index contributed by atoms with van der Waals surface area (Å²) in [6.45, 7) is 2.85. The molecule has 3 rings (SSSR count). The molecule has 3 nitrogen and oxygen atoms in total. The van der Waals surface area contributed by atoms with Crippen LogP contribution in [0.4, 0.5) is 0 Å². The highest BCUT2D eigenvalue weighted by Gasteiger charge is 2.47. The average molecular weight is 307 g/mol. The van der Waals surface area contributed by atoms with Crippen molar-refractivity contribution in [1.29, 1.82) is 0 Å². The van der Waals surface area contributed by atoms with E-state index < -0.39 is 5.41 Å². The number of nitrogens with zero attached hydrogens (tertiary/aromatic N) is 1. The van der Waals surface area contributed by atoms with Crippen molar-refractivity contribution in [3.8, 4) is 0 Å². The summed E-state index contributed by atoms with van der Waals surface area (Å²) in [6, 6.07) is 7.95. The lowest BCUT2D eigenvalue weighted by Gasteiger charge is -2.36. The van der Waals surface area contributed by atoms with Crippen LogP contribution >= 0.6 is 11.6 Å². The molecule has 1 saturated carbocycles. The van der Waals surface area contributed by atoms with Gasteiger partial charge >= 0.3 is 0 Å². The topological polar surface area (TPSA) is 46.3 Å². The van der Waals surface area contributed by atoms with Gasteiger partial charge in [0.2, 0.25) is 5.91 Å². The highest BCUT2D eigenvalue weighted by Crippen LogP contribution is 2.43. The minimum atomic E-state index is -0.399. The summed E-state index contributed by atoms with van der Waals surface area (Å²) in [5.41, 5.74) is 6.89. The molecule has 2 N–H and O–H groups in total. The minimum absolute atomic E-state index is 0.0162. The standard InChI is InChI=1S/C17H23ClN2O/c1-17(10-4-9-15(17)19)16(21)20-11-5-8-14(20)12-6-2-3-7-13(12)18/h2-3,6-7,14-15H,4-5,8-11,19H2,1H3. The fourth-order valence-electron chi connectivity index (χ4n) is 3.87. The Bertz CT molecular complexity index is 547. The second-order valence-electron chi connectivity index (χ2n) is 6.59. The summed E-state index contributed by atoms with van der Waals surface area (Å²) in [6.07, 6.45) is 4.92. The van der Waals surface area contributed by atoms with Crippen LogP contribution in [0.25, 0.3) is 0 Å². The highest BCUT2D eigenvalue weighted by atomic mass is 35.5. The third-order valence-corrected chi connectivity index (χ3v) is 5.64. The number of rotatable bonds is 2. The molecule has 1 aliphatic heterocycles. The third kappa shape index (κ3) is 2.47. The maximum atomic E-state index is 13.1. The Morgan fingerprint density at radius 3 is 2.76 bits per heavy atom. The Labute approximate surface area is 131 Å². The lowest BCUT2D eigenvalue weighted by atomic mass is 9.83. The maximum Gasteiger partial charge on any atom is 0.230 e. The number of likely N-dealkylation sites (tertiary alicyclic amines) is 1. The Morgan fingerprint density at radius 2 is 2.10 bits per heavy atom. The molecular weight excluding hydrogens is 284 g/mol. The molecule has 1 aromatic carbocycles. The minimum Gasteiger partial charge on any atom is -0.335 e. The van der Waals surface area contributed by atoms with Crippen LogP contribution in [-0.4, -0.2) is 23.4 Å². The average Bonchev–Trinajstić information content (AvgIpc) is 3.07. The summed E-state index contributed by atoms with van der Waals surface area (Å²) in [5, 5.41) is 0.753. The summed E-state index contributed by atoms with van der Waals surface area (Å²) >= 11 is 6.33. The van der Waals surface area contributed by atoms with Gasteiger partial charge in [-0.2, -0.15) is 0 Å². The normalized spacial score (nSPS) is 32.6. The molecule has 1 amide bonds. The van der Waals surface area contributed by atoms with E-state index in [4.69, 9.17) is 17.3 Å². The van der Waals surface area contributed by atoms with Crippen LogP contribution in [0.3, 0.4) is 0 Å². The van der Waals surface area contributed by atoms with Gasteiger partial charge in [0.25, 0.3) is 0 Å². The zero-order valence-electron chi connectivity index (χ0n) is 12.5. The summed E-state index contributed by atoms with van der Waals surface area (Å²) < 4.78 is 0. The number of benzene rings is 1. The first-order valence-corrected chi connectivity index (χ1v) is 8.23. The fourth-order valence-corrected chi connectivity index (χ4v) is 4.13. The molecule has 3 atom stereocenters. The van der Waals surface area contributed by atoms with Gasteiger partial charge in [-0.15, -0.1) is 0 Å². The number of nitrogens with two attached hydrogens (primary N) is 1. The number of amides is 1. The van der Waals surface area contributed by atoms with Gasteiger partial charge in [-0.1, -0.05) is 36.2 Å². The first-order chi connectivity index (χ1) is 10.0. The first kappa shape index (κ1) is 14.9. The molecule has 114 valence electrons. The van der Waals surface area contributed by atoms with E-state index in [0.717, 1.165) is 49.2 Å². The van der Waals surface area contributed by atoms with E-state index in [1.54, 1.807) is 0 Å². The Hall–Kier alpha value is -1.06. The van der Waals surface area contributed by atoms with Crippen LogP contribution in [0.15, 0.2) is 24.3 Å². The van der Waals surface area contributed by atoms with E-state index in [1.807, 2.05) is 36.1 Å². The Balaban J connectivity index is 1.88. The van der Waals surface area contributed by atoms with E-state index in [9.17, 15) is 4.79 Å². The van der Waals surface area contributed by atoms with E-state index >= 15 is 0 Å². The highest BCUT2D eigenvalue weighted by molar-refractivity contribution is 6.31. The predicted molar refractivity (Wildman–Crippen MR) is 85.1 cm³/mol. The van der Waals surface area contributed by atoms with Crippen molar-refractivity contribution in [2.75, 3.05) is 6.54 Å². The molecule has 3 unspecified atom stereocenters. The zero-order chi connectivity index (χ0) is 15.0. The molecule has 2 aliphatic rings. The molecule has 0 spiro atoms. The largest absolute Gasteiger partial charge is 0.335 e. The number of carbonyl (C=O) groups is 1. The van der Waals surface area contributed by atoms with Crippen LogP contribution in [0, 0.1) is 5.41 Å².